The van der Waals surface area contributed by atoms with Gasteiger partial charge in [-0.25, -0.2) is 0 Å². The Kier molecular flexibility index (Phi) is 5.38. The third kappa shape index (κ3) is 4.08. The van der Waals surface area contributed by atoms with Gasteiger partial charge in [0.15, 0.2) is 0 Å². The highest BCUT2D eigenvalue weighted by molar-refractivity contribution is 6.30. The van der Waals surface area contributed by atoms with Gasteiger partial charge < -0.3 is 15.5 Å². The minimum absolute atomic E-state index is 0.0320. The van der Waals surface area contributed by atoms with Crippen LogP contribution in [0.4, 0.5) is 5.69 Å². The monoisotopic (exact) mass is 343 g/mol. The van der Waals surface area contributed by atoms with Gasteiger partial charge in [0.1, 0.15) is 0 Å². The molecule has 3 rings (SSSR count). The second-order valence-electron chi connectivity index (χ2n) is 6.09. The number of nitrogens with zero attached hydrogens (tertiary/aromatic N) is 2. The molecule has 2 aromatic carbocycles. The number of benzene rings is 2. The maximum atomic E-state index is 12.6. The first-order valence-electron chi connectivity index (χ1n) is 8.22. The molecule has 1 fully saturated rings. The van der Waals surface area contributed by atoms with Crippen molar-refractivity contribution >= 4 is 23.2 Å². The van der Waals surface area contributed by atoms with Crippen LogP contribution in [-0.2, 0) is 11.2 Å². The zero-order valence-corrected chi connectivity index (χ0v) is 14.3. The number of nitrogens with two attached hydrogens (primary N) is 1. The van der Waals surface area contributed by atoms with Gasteiger partial charge in [-0.3, -0.25) is 4.79 Å². The van der Waals surface area contributed by atoms with Crippen molar-refractivity contribution in [2.24, 2.45) is 5.73 Å². The Morgan fingerprint density at radius 2 is 1.75 bits per heavy atom. The fourth-order valence-electron chi connectivity index (χ4n) is 3.05. The summed E-state index contributed by atoms with van der Waals surface area (Å²) in [7, 11) is 0. The van der Waals surface area contributed by atoms with E-state index in [2.05, 4.69) is 4.90 Å². The summed E-state index contributed by atoms with van der Waals surface area (Å²) in [6.45, 7) is 2.97. The van der Waals surface area contributed by atoms with Crippen molar-refractivity contribution in [1.82, 2.24) is 4.90 Å². The minimum Gasteiger partial charge on any atom is -0.368 e. The Balaban J connectivity index is 1.55. The van der Waals surface area contributed by atoms with E-state index in [4.69, 9.17) is 17.3 Å². The van der Waals surface area contributed by atoms with Gasteiger partial charge in [-0.05, 0) is 30.2 Å². The Morgan fingerprint density at radius 1 is 1.04 bits per heavy atom. The van der Waals surface area contributed by atoms with Crippen molar-refractivity contribution in [1.29, 1.82) is 0 Å². The van der Waals surface area contributed by atoms with E-state index in [0.29, 0.717) is 19.5 Å². The SMILES string of the molecule is N[C@@H](Cc1ccccc1)C(=O)N1CCN(c2cccc(Cl)c2)CC1. The maximum absolute atomic E-state index is 12.6. The van der Waals surface area contributed by atoms with Crippen molar-refractivity contribution in [3.63, 3.8) is 0 Å². The lowest BCUT2D eigenvalue weighted by atomic mass is 10.1. The van der Waals surface area contributed by atoms with Gasteiger partial charge in [-0.1, -0.05) is 48.0 Å². The summed E-state index contributed by atoms with van der Waals surface area (Å²) in [5.41, 5.74) is 8.32. The van der Waals surface area contributed by atoms with Crippen LogP contribution in [-0.4, -0.2) is 43.0 Å². The van der Waals surface area contributed by atoms with E-state index in [9.17, 15) is 4.79 Å². The number of amides is 1. The zero-order chi connectivity index (χ0) is 16.9. The summed E-state index contributed by atoms with van der Waals surface area (Å²) in [6, 6.07) is 17.3. The lowest BCUT2D eigenvalue weighted by molar-refractivity contribution is -0.132. The van der Waals surface area contributed by atoms with Crippen LogP contribution in [0.1, 0.15) is 5.56 Å². The molecule has 1 amide bonds. The maximum Gasteiger partial charge on any atom is 0.239 e. The molecule has 2 N–H and O–H groups in total. The molecule has 0 radical (unpaired) electrons. The van der Waals surface area contributed by atoms with Crippen molar-refractivity contribution in [3.8, 4) is 0 Å². The normalized spacial score (nSPS) is 16.1. The summed E-state index contributed by atoms with van der Waals surface area (Å²) in [5, 5.41) is 0.732. The lowest BCUT2D eigenvalue weighted by Crippen LogP contribution is -2.53. The molecule has 126 valence electrons. The number of halogens is 1. The van der Waals surface area contributed by atoms with Gasteiger partial charge in [-0.2, -0.15) is 0 Å². The molecule has 5 heteroatoms. The molecule has 1 aliphatic heterocycles. The van der Waals surface area contributed by atoms with Crippen molar-refractivity contribution in [3.05, 3.63) is 65.2 Å². The quantitative estimate of drug-likeness (QED) is 0.928. The van der Waals surface area contributed by atoms with Crippen LogP contribution in [0.3, 0.4) is 0 Å². The number of carbonyl (C=O) groups is 1. The van der Waals surface area contributed by atoms with Crippen LogP contribution in [0.2, 0.25) is 5.02 Å². The first-order chi connectivity index (χ1) is 11.6. The summed E-state index contributed by atoms with van der Waals surface area (Å²) in [5.74, 6) is 0.0320. The molecule has 4 nitrogen and oxygen atoms in total. The summed E-state index contributed by atoms with van der Waals surface area (Å²) in [6.07, 6.45) is 0.578. The van der Waals surface area contributed by atoms with E-state index in [1.54, 1.807) is 0 Å². The Hall–Kier alpha value is -2.04. The predicted molar refractivity (Wildman–Crippen MR) is 98.4 cm³/mol. The van der Waals surface area contributed by atoms with Crippen molar-refractivity contribution in [2.45, 2.75) is 12.5 Å². The largest absolute Gasteiger partial charge is 0.368 e. The molecule has 0 saturated carbocycles. The molecule has 1 saturated heterocycles. The van der Waals surface area contributed by atoms with E-state index in [0.717, 1.165) is 29.4 Å². The summed E-state index contributed by atoms with van der Waals surface area (Å²) in [4.78, 5) is 16.7. The second kappa shape index (κ2) is 7.69. The number of carbonyl (C=O) groups excluding carboxylic acids is 1. The van der Waals surface area contributed by atoms with Gasteiger partial charge in [0, 0.05) is 36.9 Å². The smallest absolute Gasteiger partial charge is 0.239 e. The molecule has 0 spiro atoms. The van der Waals surface area contributed by atoms with Gasteiger partial charge in [0.05, 0.1) is 6.04 Å². The average molecular weight is 344 g/mol. The topological polar surface area (TPSA) is 49.6 Å². The summed E-state index contributed by atoms with van der Waals surface area (Å²) >= 11 is 6.05. The predicted octanol–water partition coefficient (Wildman–Crippen LogP) is 2.56. The molecule has 1 aliphatic rings. The van der Waals surface area contributed by atoms with Crippen LogP contribution in [0.5, 0.6) is 0 Å². The number of hydrogen-bond donors (Lipinski definition) is 1. The highest BCUT2D eigenvalue weighted by Gasteiger charge is 2.25. The van der Waals surface area contributed by atoms with Gasteiger partial charge in [0.2, 0.25) is 5.91 Å². The highest BCUT2D eigenvalue weighted by Crippen LogP contribution is 2.21. The lowest BCUT2D eigenvalue weighted by Gasteiger charge is -2.37. The number of rotatable bonds is 4. The highest BCUT2D eigenvalue weighted by atomic mass is 35.5. The van der Waals surface area contributed by atoms with Crippen molar-refractivity contribution < 1.29 is 4.79 Å². The Labute approximate surface area is 147 Å². The molecule has 0 aromatic heterocycles. The molecular formula is C19H22ClN3O. The fourth-order valence-corrected chi connectivity index (χ4v) is 3.23. The molecule has 0 aliphatic carbocycles. The third-order valence-electron chi connectivity index (χ3n) is 4.38. The minimum atomic E-state index is -0.481. The zero-order valence-electron chi connectivity index (χ0n) is 13.6. The van der Waals surface area contributed by atoms with Gasteiger partial charge in [0.25, 0.3) is 0 Å². The van der Waals surface area contributed by atoms with Gasteiger partial charge >= 0.3 is 0 Å². The average Bonchev–Trinajstić information content (AvgIpc) is 2.62. The molecule has 24 heavy (non-hydrogen) atoms. The Bertz CT molecular complexity index is 684. The van der Waals surface area contributed by atoms with E-state index in [1.807, 2.05) is 59.5 Å². The van der Waals surface area contributed by atoms with Gasteiger partial charge in [-0.15, -0.1) is 0 Å². The molecule has 2 aromatic rings. The summed E-state index contributed by atoms with van der Waals surface area (Å²) < 4.78 is 0. The number of hydrogen-bond acceptors (Lipinski definition) is 3. The molecule has 0 bridgehead atoms. The second-order valence-corrected chi connectivity index (χ2v) is 6.52. The Morgan fingerprint density at radius 3 is 2.42 bits per heavy atom. The van der Waals surface area contributed by atoms with E-state index >= 15 is 0 Å². The fraction of sp³-hybridized carbons (Fsp3) is 0.316. The number of anilines is 1. The molecule has 0 unspecified atom stereocenters. The van der Waals surface area contributed by atoms with E-state index < -0.39 is 6.04 Å². The van der Waals surface area contributed by atoms with E-state index in [-0.39, 0.29) is 5.91 Å². The first kappa shape index (κ1) is 16.8. The molecule has 1 heterocycles. The first-order valence-corrected chi connectivity index (χ1v) is 8.60. The molecule has 1 atom stereocenters. The van der Waals surface area contributed by atoms with E-state index in [1.165, 1.54) is 0 Å². The third-order valence-corrected chi connectivity index (χ3v) is 4.62. The van der Waals surface area contributed by atoms with Crippen LogP contribution in [0.15, 0.2) is 54.6 Å². The number of piperazine rings is 1. The van der Waals surface area contributed by atoms with Crippen LogP contribution < -0.4 is 10.6 Å². The van der Waals surface area contributed by atoms with Crippen molar-refractivity contribution in [2.75, 3.05) is 31.1 Å². The molecular weight excluding hydrogens is 322 g/mol. The standard InChI is InChI=1S/C19H22ClN3O/c20-16-7-4-8-17(14-16)22-9-11-23(12-10-22)19(24)18(21)13-15-5-2-1-3-6-15/h1-8,14,18H,9-13,21H2/t18-/m0/s1. The van der Waals surface area contributed by atoms with Crippen LogP contribution >= 0.6 is 11.6 Å². The van der Waals surface area contributed by atoms with Crippen LogP contribution in [0.25, 0.3) is 0 Å². The van der Waals surface area contributed by atoms with Crippen LogP contribution in [0, 0.1) is 0 Å².